The minimum atomic E-state index is -0.0820. The zero-order valence-corrected chi connectivity index (χ0v) is 11.3. The van der Waals surface area contributed by atoms with E-state index in [9.17, 15) is 4.79 Å². The van der Waals surface area contributed by atoms with Crippen molar-refractivity contribution >= 4 is 5.91 Å². The Morgan fingerprint density at radius 2 is 2.10 bits per heavy atom. The van der Waals surface area contributed by atoms with Crippen LogP contribution in [0.3, 0.4) is 0 Å². The molecule has 2 aliphatic rings. The first-order chi connectivity index (χ1) is 9.83. The highest BCUT2D eigenvalue weighted by Gasteiger charge is 2.15. The molecule has 1 aromatic carbocycles. The molecule has 0 atom stereocenters. The van der Waals surface area contributed by atoms with E-state index in [0.29, 0.717) is 36.8 Å². The van der Waals surface area contributed by atoms with Gasteiger partial charge in [0.15, 0.2) is 11.5 Å². The van der Waals surface area contributed by atoms with Gasteiger partial charge in [0.25, 0.3) is 5.91 Å². The summed E-state index contributed by atoms with van der Waals surface area (Å²) in [5, 5.41) is 6.19. The standard InChI is InChI=1S/C15H18N2O3/c18-15(17-10-11-3-5-16-6-4-11)12-1-2-13-14(9-12)20-8-7-19-13/h1-3,9,16H,4-8,10H2,(H,17,18). The number of fused-ring (bicyclic) bond motifs is 1. The van der Waals surface area contributed by atoms with Gasteiger partial charge in [0.1, 0.15) is 13.2 Å². The molecule has 1 amide bonds. The van der Waals surface area contributed by atoms with Crippen LogP contribution in [-0.2, 0) is 0 Å². The highest BCUT2D eigenvalue weighted by Crippen LogP contribution is 2.30. The summed E-state index contributed by atoms with van der Waals surface area (Å²) in [7, 11) is 0. The lowest BCUT2D eigenvalue weighted by atomic mass is 10.1. The summed E-state index contributed by atoms with van der Waals surface area (Å²) >= 11 is 0. The molecule has 0 fully saturated rings. The molecule has 0 bridgehead atoms. The average Bonchev–Trinajstić information content (AvgIpc) is 2.53. The van der Waals surface area contributed by atoms with Crippen molar-refractivity contribution in [1.29, 1.82) is 0 Å². The van der Waals surface area contributed by atoms with Crippen LogP contribution in [0, 0.1) is 0 Å². The van der Waals surface area contributed by atoms with Gasteiger partial charge in [-0.15, -0.1) is 0 Å². The second kappa shape index (κ2) is 5.96. The Balaban J connectivity index is 1.63. The molecule has 1 aromatic rings. The van der Waals surface area contributed by atoms with E-state index in [2.05, 4.69) is 16.7 Å². The van der Waals surface area contributed by atoms with Gasteiger partial charge in [-0.1, -0.05) is 11.6 Å². The van der Waals surface area contributed by atoms with Gasteiger partial charge in [-0.3, -0.25) is 4.79 Å². The molecule has 106 valence electrons. The highest BCUT2D eigenvalue weighted by molar-refractivity contribution is 5.95. The maximum absolute atomic E-state index is 12.1. The molecule has 0 aromatic heterocycles. The van der Waals surface area contributed by atoms with E-state index in [1.165, 1.54) is 5.57 Å². The van der Waals surface area contributed by atoms with Gasteiger partial charge >= 0.3 is 0 Å². The van der Waals surface area contributed by atoms with Crippen LogP contribution in [0.15, 0.2) is 29.8 Å². The Kier molecular flexibility index (Phi) is 3.87. The third kappa shape index (κ3) is 2.93. The lowest BCUT2D eigenvalue weighted by Gasteiger charge is -2.19. The van der Waals surface area contributed by atoms with Crippen LogP contribution in [0.4, 0.5) is 0 Å². The fourth-order valence-corrected chi connectivity index (χ4v) is 2.31. The molecule has 0 radical (unpaired) electrons. The number of ether oxygens (including phenoxy) is 2. The summed E-state index contributed by atoms with van der Waals surface area (Å²) in [4.78, 5) is 12.1. The number of carbonyl (C=O) groups is 1. The molecule has 0 saturated heterocycles. The van der Waals surface area contributed by atoms with E-state index in [1.54, 1.807) is 18.2 Å². The minimum Gasteiger partial charge on any atom is -0.486 e. The molecule has 20 heavy (non-hydrogen) atoms. The van der Waals surface area contributed by atoms with Crippen molar-refractivity contribution in [2.45, 2.75) is 6.42 Å². The first-order valence-electron chi connectivity index (χ1n) is 6.89. The van der Waals surface area contributed by atoms with Gasteiger partial charge in [0.2, 0.25) is 0 Å². The molecule has 0 unspecified atom stereocenters. The molecule has 5 nitrogen and oxygen atoms in total. The minimum absolute atomic E-state index is 0.0820. The van der Waals surface area contributed by atoms with Gasteiger partial charge < -0.3 is 20.1 Å². The van der Waals surface area contributed by atoms with E-state index >= 15 is 0 Å². The van der Waals surface area contributed by atoms with Crippen LogP contribution in [0.5, 0.6) is 11.5 Å². The predicted molar refractivity (Wildman–Crippen MR) is 75.3 cm³/mol. The second-order valence-corrected chi connectivity index (χ2v) is 4.86. The molecule has 3 rings (SSSR count). The van der Waals surface area contributed by atoms with E-state index in [4.69, 9.17) is 9.47 Å². The lowest BCUT2D eigenvalue weighted by Crippen LogP contribution is -2.29. The summed E-state index contributed by atoms with van der Waals surface area (Å²) in [6.45, 7) is 3.55. The number of hydrogen-bond acceptors (Lipinski definition) is 4. The Morgan fingerprint density at radius 3 is 2.90 bits per heavy atom. The molecule has 2 heterocycles. The third-order valence-electron chi connectivity index (χ3n) is 3.44. The topological polar surface area (TPSA) is 59.6 Å². The normalized spacial score (nSPS) is 17.3. The summed E-state index contributed by atoms with van der Waals surface area (Å²) in [6.07, 6.45) is 3.12. The number of carbonyl (C=O) groups excluding carboxylic acids is 1. The van der Waals surface area contributed by atoms with Crippen molar-refractivity contribution in [3.8, 4) is 11.5 Å². The maximum Gasteiger partial charge on any atom is 0.251 e. The van der Waals surface area contributed by atoms with Crippen molar-refractivity contribution in [2.24, 2.45) is 0 Å². The van der Waals surface area contributed by atoms with Crippen molar-refractivity contribution in [2.75, 3.05) is 32.8 Å². The van der Waals surface area contributed by atoms with E-state index < -0.39 is 0 Å². The van der Waals surface area contributed by atoms with Crippen LogP contribution in [0.1, 0.15) is 16.8 Å². The van der Waals surface area contributed by atoms with Crippen molar-refractivity contribution in [1.82, 2.24) is 10.6 Å². The van der Waals surface area contributed by atoms with Gasteiger partial charge in [0, 0.05) is 18.7 Å². The Hall–Kier alpha value is -2.01. The van der Waals surface area contributed by atoms with Gasteiger partial charge in [-0.25, -0.2) is 0 Å². The SMILES string of the molecule is O=C(NCC1=CCNCC1)c1ccc2c(c1)OCCO2. The van der Waals surface area contributed by atoms with Gasteiger partial charge in [-0.2, -0.15) is 0 Å². The molecule has 5 heteroatoms. The number of rotatable bonds is 3. The monoisotopic (exact) mass is 274 g/mol. The lowest BCUT2D eigenvalue weighted by molar-refractivity contribution is 0.0955. The largest absolute Gasteiger partial charge is 0.486 e. The molecular formula is C15H18N2O3. The van der Waals surface area contributed by atoms with E-state index in [-0.39, 0.29) is 5.91 Å². The molecular weight excluding hydrogens is 256 g/mol. The zero-order valence-electron chi connectivity index (χ0n) is 11.3. The van der Waals surface area contributed by atoms with Gasteiger partial charge in [-0.05, 0) is 31.2 Å². The average molecular weight is 274 g/mol. The zero-order chi connectivity index (χ0) is 13.8. The first kappa shape index (κ1) is 13.0. The number of amides is 1. The maximum atomic E-state index is 12.1. The number of benzene rings is 1. The van der Waals surface area contributed by atoms with E-state index in [1.807, 2.05) is 0 Å². The summed E-state index contributed by atoms with van der Waals surface area (Å²) in [6, 6.07) is 5.29. The predicted octanol–water partition coefficient (Wildman–Crippen LogP) is 1.11. The third-order valence-corrected chi connectivity index (χ3v) is 3.44. The summed E-state index contributed by atoms with van der Waals surface area (Å²) in [5.74, 6) is 1.26. The molecule has 2 N–H and O–H groups in total. The fourth-order valence-electron chi connectivity index (χ4n) is 2.31. The highest BCUT2D eigenvalue weighted by atomic mass is 16.6. The molecule has 0 saturated carbocycles. The van der Waals surface area contributed by atoms with Crippen molar-refractivity contribution in [3.63, 3.8) is 0 Å². The molecule has 0 aliphatic carbocycles. The van der Waals surface area contributed by atoms with Crippen molar-refractivity contribution in [3.05, 3.63) is 35.4 Å². The first-order valence-corrected chi connectivity index (χ1v) is 6.89. The van der Waals surface area contributed by atoms with Crippen LogP contribution in [-0.4, -0.2) is 38.8 Å². The molecule has 0 spiro atoms. The van der Waals surface area contributed by atoms with Crippen LogP contribution < -0.4 is 20.1 Å². The van der Waals surface area contributed by atoms with Crippen LogP contribution in [0.2, 0.25) is 0 Å². The van der Waals surface area contributed by atoms with E-state index in [0.717, 1.165) is 19.5 Å². The smallest absolute Gasteiger partial charge is 0.251 e. The van der Waals surface area contributed by atoms with Crippen LogP contribution >= 0.6 is 0 Å². The quantitative estimate of drug-likeness (QED) is 0.811. The second-order valence-electron chi connectivity index (χ2n) is 4.86. The summed E-state index contributed by atoms with van der Waals surface area (Å²) < 4.78 is 10.9. The number of hydrogen-bond donors (Lipinski definition) is 2. The van der Waals surface area contributed by atoms with Gasteiger partial charge in [0.05, 0.1) is 0 Å². The van der Waals surface area contributed by atoms with Crippen molar-refractivity contribution < 1.29 is 14.3 Å². The Bertz CT molecular complexity index is 540. The Labute approximate surface area is 118 Å². The number of nitrogens with one attached hydrogen (secondary N) is 2. The van der Waals surface area contributed by atoms with Crippen LogP contribution in [0.25, 0.3) is 0 Å². The molecule has 2 aliphatic heterocycles. The fraction of sp³-hybridized carbons (Fsp3) is 0.400. The summed E-state index contributed by atoms with van der Waals surface area (Å²) in [5.41, 5.74) is 1.87. The Morgan fingerprint density at radius 1 is 1.25 bits per heavy atom.